The summed E-state index contributed by atoms with van der Waals surface area (Å²) in [6.45, 7) is 8.12. The van der Waals surface area contributed by atoms with Crippen molar-refractivity contribution in [2.75, 3.05) is 46.4 Å². The number of piperazine rings is 1. The number of ether oxygens (including phenoxy) is 2. The molecule has 1 unspecified atom stereocenters. The fraction of sp³-hybridized carbons (Fsp3) is 0.650. The molecule has 2 saturated heterocycles. The average molecular weight is 361 g/mol. The third-order valence-corrected chi connectivity index (χ3v) is 5.44. The Kier molecular flexibility index (Phi) is 6.88. The Morgan fingerprint density at radius 3 is 2.54 bits per heavy atom. The van der Waals surface area contributed by atoms with Crippen LogP contribution in [0.2, 0.25) is 0 Å². The van der Waals surface area contributed by atoms with Crippen molar-refractivity contribution >= 4 is 6.16 Å². The van der Waals surface area contributed by atoms with Crippen molar-refractivity contribution in [2.45, 2.75) is 38.6 Å². The molecule has 0 spiro atoms. The molecule has 0 amide bonds. The predicted molar refractivity (Wildman–Crippen MR) is 101 cm³/mol. The van der Waals surface area contributed by atoms with Crippen LogP contribution in [0, 0.1) is 0 Å². The summed E-state index contributed by atoms with van der Waals surface area (Å²) in [5.74, 6) is 0. The van der Waals surface area contributed by atoms with E-state index in [1.54, 1.807) is 6.92 Å². The van der Waals surface area contributed by atoms with E-state index in [2.05, 4.69) is 45.0 Å². The molecule has 0 radical (unpaired) electrons. The molecule has 1 aromatic rings. The fourth-order valence-electron chi connectivity index (χ4n) is 3.87. The highest BCUT2D eigenvalue weighted by Crippen LogP contribution is 2.21. The Bertz CT molecular complexity index is 561. The topological polar surface area (TPSA) is 45.3 Å². The van der Waals surface area contributed by atoms with Crippen LogP contribution in [0.1, 0.15) is 25.3 Å². The third kappa shape index (κ3) is 5.19. The third-order valence-electron chi connectivity index (χ3n) is 5.44. The molecule has 2 aliphatic heterocycles. The van der Waals surface area contributed by atoms with E-state index in [1.807, 2.05) is 7.05 Å². The molecule has 2 aliphatic rings. The van der Waals surface area contributed by atoms with Gasteiger partial charge in [-0.1, -0.05) is 30.3 Å². The zero-order valence-electron chi connectivity index (χ0n) is 16.0. The summed E-state index contributed by atoms with van der Waals surface area (Å²) in [5, 5.41) is 0. The molecule has 26 heavy (non-hydrogen) atoms. The first-order chi connectivity index (χ1) is 12.7. The predicted octanol–water partition coefficient (Wildman–Crippen LogP) is 2.40. The molecule has 0 N–H and O–H groups in total. The molecule has 144 valence electrons. The first-order valence-electron chi connectivity index (χ1n) is 9.69. The quantitative estimate of drug-likeness (QED) is 0.751. The van der Waals surface area contributed by atoms with Gasteiger partial charge in [-0.25, -0.2) is 4.79 Å². The Labute approximate surface area is 156 Å². The number of hydrogen-bond donors (Lipinski definition) is 0. The van der Waals surface area contributed by atoms with E-state index in [4.69, 9.17) is 9.47 Å². The molecule has 1 atom stereocenters. The second-order valence-corrected chi connectivity index (χ2v) is 7.22. The van der Waals surface area contributed by atoms with Crippen LogP contribution in [-0.4, -0.2) is 79.5 Å². The summed E-state index contributed by atoms with van der Waals surface area (Å²) >= 11 is 0. The summed E-state index contributed by atoms with van der Waals surface area (Å²) < 4.78 is 10.4. The number of nitrogens with zero attached hydrogens (tertiary/aromatic N) is 3. The van der Waals surface area contributed by atoms with Gasteiger partial charge in [0.1, 0.15) is 0 Å². The van der Waals surface area contributed by atoms with Gasteiger partial charge in [0.05, 0.1) is 6.61 Å². The second kappa shape index (κ2) is 9.35. The van der Waals surface area contributed by atoms with E-state index in [0.29, 0.717) is 12.6 Å². The maximum absolute atomic E-state index is 11.7. The molecule has 0 aliphatic carbocycles. The van der Waals surface area contributed by atoms with Gasteiger partial charge in [0.25, 0.3) is 0 Å². The zero-order chi connectivity index (χ0) is 18.4. The van der Waals surface area contributed by atoms with Crippen molar-refractivity contribution in [3.05, 3.63) is 35.9 Å². The standard InChI is InChI=1S/C20H31N3O3/c1-3-25-20(24)26-19-16-23(14-13-21(19)2)18-9-11-22(12-10-18)15-17-7-5-4-6-8-17/h4-8,18-19H,3,9-16H2,1-2H3. The highest BCUT2D eigenvalue weighted by Gasteiger charge is 2.33. The van der Waals surface area contributed by atoms with Gasteiger partial charge in [-0.3, -0.25) is 14.7 Å². The molecule has 3 rings (SSSR count). The van der Waals surface area contributed by atoms with Gasteiger partial charge in [-0.05, 0) is 45.5 Å². The lowest BCUT2D eigenvalue weighted by atomic mass is 10.0. The molecule has 0 aromatic heterocycles. The van der Waals surface area contributed by atoms with E-state index < -0.39 is 6.16 Å². The Balaban J connectivity index is 1.47. The van der Waals surface area contributed by atoms with E-state index in [-0.39, 0.29) is 6.23 Å². The highest BCUT2D eigenvalue weighted by atomic mass is 16.7. The minimum atomic E-state index is -0.566. The molecule has 1 aromatic carbocycles. The van der Waals surface area contributed by atoms with Gasteiger partial charge in [0, 0.05) is 32.2 Å². The average Bonchev–Trinajstić information content (AvgIpc) is 2.65. The van der Waals surface area contributed by atoms with Crippen molar-refractivity contribution in [3.8, 4) is 0 Å². The summed E-state index contributed by atoms with van der Waals surface area (Å²) in [6.07, 6.45) is 1.56. The lowest BCUT2D eigenvalue weighted by Crippen LogP contribution is -2.57. The molecule has 2 fully saturated rings. The largest absolute Gasteiger partial charge is 0.509 e. The summed E-state index contributed by atoms with van der Waals surface area (Å²) in [4.78, 5) is 18.8. The smallest absolute Gasteiger partial charge is 0.435 e. The Hall–Kier alpha value is -1.63. The van der Waals surface area contributed by atoms with Crippen LogP contribution in [0.25, 0.3) is 0 Å². The number of carbonyl (C=O) groups excluding carboxylic acids is 1. The van der Waals surface area contributed by atoms with Crippen LogP contribution < -0.4 is 0 Å². The van der Waals surface area contributed by atoms with Crippen molar-refractivity contribution in [1.82, 2.24) is 14.7 Å². The molecular formula is C20H31N3O3. The van der Waals surface area contributed by atoms with Crippen molar-refractivity contribution in [1.29, 1.82) is 0 Å². The van der Waals surface area contributed by atoms with Gasteiger partial charge in [-0.15, -0.1) is 0 Å². The lowest BCUT2D eigenvalue weighted by Gasteiger charge is -2.44. The molecule has 6 nitrogen and oxygen atoms in total. The molecule has 2 heterocycles. The van der Waals surface area contributed by atoms with Crippen molar-refractivity contribution in [2.24, 2.45) is 0 Å². The van der Waals surface area contributed by atoms with Gasteiger partial charge in [0.2, 0.25) is 0 Å². The van der Waals surface area contributed by atoms with Crippen molar-refractivity contribution < 1.29 is 14.3 Å². The van der Waals surface area contributed by atoms with Gasteiger partial charge in [-0.2, -0.15) is 0 Å². The van der Waals surface area contributed by atoms with E-state index in [1.165, 1.54) is 18.4 Å². The highest BCUT2D eigenvalue weighted by molar-refractivity contribution is 5.60. The second-order valence-electron chi connectivity index (χ2n) is 7.22. The maximum atomic E-state index is 11.7. The van der Waals surface area contributed by atoms with E-state index >= 15 is 0 Å². The Morgan fingerprint density at radius 2 is 1.85 bits per heavy atom. The SMILES string of the molecule is CCOC(=O)OC1CN(C2CCN(Cc3ccccc3)CC2)CCN1C. The minimum Gasteiger partial charge on any atom is -0.435 e. The lowest BCUT2D eigenvalue weighted by molar-refractivity contribution is -0.0864. The summed E-state index contributed by atoms with van der Waals surface area (Å²) in [6, 6.07) is 11.3. The number of hydrogen-bond acceptors (Lipinski definition) is 6. The normalized spacial score (nSPS) is 23.7. The number of likely N-dealkylation sites (tertiary alicyclic amines) is 1. The maximum Gasteiger partial charge on any atom is 0.509 e. The van der Waals surface area contributed by atoms with Crippen LogP contribution in [0.3, 0.4) is 0 Å². The van der Waals surface area contributed by atoms with Crippen molar-refractivity contribution in [3.63, 3.8) is 0 Å². The first-order valence-corrected chi connectivity index (χ1v) is 9.69. The number of benzene rings is 1. The molecule has 0 bridgehead atoms. The number of rotatable bonds is 5. The molecule has 0 saturated carbocycles. The Morgan fingerprint density at radius 1 is 1.12 bits per heavy atom. The molecular weight excluding hydrogens is 330 g/mol. The first kappa shape index (κ1) is 19.1. The van der Waals surface area contributed by atoms with Crippen LogP contribution in [0.5, 0.6) is 0 Å². The van der Waals surface area contributed by atoms with E-state index in [0.717, 1.165) is 39.3 Å². The van der Waals surface area contributed by atoms with Gasteiger partial charge >= 0.3 is 6.16 Å². The number of piperidine rings is 1. The number of likely N-dealkylation sites (N-methyl/N-ethyl adjacent to an activating group) is 1. The summed E-state index contributed by atoms with van der Waals surface area (Å²) in [5.41, 5.74) is 1.38. The van der Waals surface area contributed by atoms with Crippen LogP contribution >= 0.6 is 0 Å². The fourth-order valence-corrected chi connectivity index (χ4v) is 3.87. The molecule has 6 heteroatoms. The van der Waals surface area contributed by atoms with Gasteiger partial charge in [0.15, 0.2) is 6.23 Å². The zero-order valence-corrected chi connectivity index (χ0v) is 16.0. The summed E-state index contributed by atoms with van der Waals surface area (Å²) in [7, 11) is 2.00. The van der Waals surface area contributed by atoms with Gasteiger partial charge < -0.3 is 9.47 Å². The number of carbonyl (C=O) groups is 1. The van der Waals surface area contributed by atoms with E-state index in [9.17, 15) is 4.79 Å². The monoisotopic (exact) mass is 361 g/mol. The van der Waals surface area contributed by atoms with Crippen LogP contribution in [0.15, 0.2) is 30.3 Å². The van der Waals surface area contributed by atoms with Crippen LogP contribution in [-0.2, 0) is 16.0 Å². The van der Waals surface area contributed by atoms with Crippen LogP contribution in [0.4, 0.5) is 4.79 Å². The minimum absolute atomic E-state index is 0.217.